The van der Waals surface area contributed by atoms with Gasteiger partial charge >= 0.3 is 5.97 Å². The number of nitrogens with one attached hydrogen (secondary N) is 1. The summed E-state index contributed by atoms with van der Waals surface area (Å²) in [5.74, 6) is -1.13. The van der Waals surface area contributed by atoms with E-state index in [0.29, 0.717) is 32.7 Å². The van der Waals surface area contributed by atoms with Crippen LogP contribution in [0.25, 0.3) is 0 Å². The number of carbonyl (C=O) groups excluding carboxylic acids is 1. The van der Waals surface area contributed by atoms with E-state index in [1.165, 1.54) is 0 Å². The lowest BCUT2D eigenvalue weighted by atomic mass is 9.80. The Morgan fingerprint density at radius 3 is 2.63 bits per heavy atom. The van der Waals surface area contributed by atoms with Crippen molar-refractivity contribution in [3.05, 3.63) is 0 Å². The summed E-state index contributed by atoms with van der Waals surface area (Å²) >= 11 is 0. The van der Waals surface area contributed by atoms with Crippen LogP contribution < -0.4 is 5.32 Å². The van der Waals surface area contributed by atoms with E-state index in [2.05, 4.69) is 5.32 Å². The lowest BCUT2D eigenvalue weighted by Gasteiger charge is -2.33. The molecule has 0 spiro atoms. The number of carboxylic acids is 1. The summed E-state index contributed by atoms with van der Waals surface area (Å²) in [6.07, 6.45) is 2.80. The summed E-state index contributed by atoms with van der Waals surface area (Å²) in [4.78, 5) is 22.9. The van der Waals surface area contributed by atoms with Crippen LogP contribution in [0.15, 0.2) is 0 Å². The van der Waals surface area contributed by atoms with Gasteiger partial charge in [0.2, 0.25) is 5.91 Å². The summed E-state index contributed by atoms with van der Waals surface area (Å²) in [7, 11) is 0. The van der Waals surface area contributed by atoms with Crippen molar-refractivity contribution in [1.29, 1.82) is 0 Å². The molecule has 6 nitrogen and oxygen atoms in total. The summed E-state index contributed by atoms with van der Waals surface area (Å²) in [6, 6.07) is 0. The molecule has 110 valence electrons. The summed E-state index contributed by atoms with van der Waals surface area (Å²) < 4.78 is 10.4. The van der Waals surface area contributed by atoms with Crippen molar-refractivity contribution >= 4 is 11.9 Å². The molecule has 0 unspecified atom stereocenters. The molecule has 6 heteroatoms. The molecule has 2 N–H and O–H groups in total. The number of unbranched alkanes of at least 4 members (excludes halogenated alkanes) is 1. The first kappa shape index (κ1) is 15.9. The van der Waals surface area contributed by atoms with Crippen LogP contribution in [0, 0.1) is 5.41 Å². The maximum Gasteiger partial charge on any atom is 0.311 e. The summed E-state index contributed by atoms with van der Waals surface area (Å²) in [6.45, 7) is 3.59. The van der Waals surface area contributed by atoms with Crippen LogP contribution in [0.2, 0.25) is 0 Å². The minimum Gasteiger partial charge on any atom is -0.481 e. The van der Waals surface area contributed by atoms with E-state index >= 15 is 0 Å². The third-order valence-corrected chi connectivity index (χ3v) is 3.40. The zero-order valence-corrected chi connectivity index (χ0v) is 11.4. The average Bonchev–Trinajstić information content (AvgIpc) is 2.42. The lowest BCUT2D eigenvalue weighted by Crippen LogP contribution is -2.47. The third-order valence-electron chi connectivity index (χ3n) is 3.40. The van der Waals surface area contributed by atoms with Crippen molar-refractivity contribution in [2.75, 3.05) is 33.0 Å². The molecule has 1 saturated heterocycles. The minimum atomic E-state index is -0.892. The number of carbonyl (C=O) groups is 2. The Balaban J connectivity index is 2.31. The lowest BCUT2D eigenvalue weighted by molar-refractivity contribution is -0.154. The Labute approximate surface area is 113 Å². The molecule has 1 rings (SSSR count). The standard InChI is InChI=1S/C13H23NO5/c1-2-3-6-19-9-11(15)14-10-13(12(16)17)4-7-18-8-5-13/h2-10H2,1H3,(H,14,15)(H,16,17). The zero-order chi connectivity index (χ0) is 14.1. The van der Waals surface area contributed by atoms with E-state index in [1.54, 1.807) is 0 Å². The second-order valence-corrected chi connectivity index (χ2v) is 4.88. The van der Waals surface area contributed by atoms with E-state index in [9.17, 15) is 14.7 Å². The van der Waals surface area contributed by atoms with Crippen LogP contribution in [-0.2, 0) is 19.1 Å². The molecular formula is C13H23NO5. The predicted molar refractivity (Wildman–Crippen MR) is 68.9 cm³/mol. The van der Waals surface area contributed by atoms with E-state index in [0.717, 1.165) is 12.8 Å². The fourth-order valence-electron chi connectivity index (χ4n) is 1.96. The van der Waals surface area contributed by atoms with Gasteiger partial charge in [0.1, 0.15) is 6.61 Å². The highest BCUT2D eigenvalue weighted by atomic mass is 16.5. The molecule has 0 aromatic rings. The Bertz CT molecular complexity index is 299. The van der Waals surface area contributed by atoms with Gasteiger partial charge in [0.25, 0.3) is 0 Å². The summed E-state index contributed by atoms with van der Waals surface area (Å²) in [5.41, 5.74) is -0.892. The van der Waals surface area contributed by atoms with Crippen LogP contribution in [0.5, 0.6) is 0 Å². The molecule has 19 heavy (non-hydrogen) atoms. The molecule has 1 heterocycles. The Morgan fingerprint density at radius 2 is 2.05 bits per heavy atom. The number of ether oxygens (including phenoxy) is 2. The quantitative estimate of drug-likeness (QED) is 0.639. The van der Waals surface area contributed by atoms with Gasteiger partial charge in [0, 0.05) is 26.4 Å². The Kier molecular flexibility index (Phi) is 6.80. The van der Waals surface area contributed by atoms with Crippen LogP contribution in [0.1, 0.15) is 32.6 Å². The first-order chi connectivity index (χ1) is 9.10. The van der Waals surface area contributed by atoms with Gasteiger partial charge in [-0.2, -0.15) is 0 Å². The topological polar surface area (TPSA) is 84.9 Å². The molecule has 0 aromatic heterocycles. The van der Waals surface area contributed by atoms with E-state index in [-0.39, 0.29) is 19.1 Å². The average molecular weight is 273 g/mol. The number of aliphatic carboxylic acids is 1. The van der Waals surface area contributed by atoms with Crippen molar-refractivity contribution < 1.29 is 24.2 Å². The van der Waals surface area contributed by atoms with Gasteiger partial charge in [-0.15, -0.1) is 0 Å². The molecule has 0 bridgehead atoms. The van der Waals surface area contributed by atoms with E-state index in [4.69, 9.17) is 9.47 Å². The molecule has 1 fully saturated rings. The zero-order valence-electron chi connectivity index (χ0n) is 11.4. The van der Waals surface area contributed by atoms with E-state index < -0.39 is 11.4 Å². The monoisotopic (exact) mass is 273 g/mol. The normalized spacial score (nSPS) is 17.9. The largest absolute Gasteiger partial charge is 0.481 e. The molecular weight excluding hydrogens is 250 g/mol. The number of hydrogen-bond acceptors (Lipinski definition) is 4. The second-order valence-electron chi connectivity index (χ2n) is 4.88. The molecule has 0 aromatic carbocycles. The van der Waals surface area contributed by atoms with Crippen LogP contribution in [0.3, 0.4) is 0 Å². The first-order valence-corrected chi connectivity index (χ1v) is 6.76. The number of amides is 1. The number of rotatable bonds is 8. The summed E-state index contributed by atoms with van der Waals surface area (Å²) in [5, 5.41) is 12.0. The van der Waals surface area contributed by atoms with Crippen LogP contribution in [0.4, 0.5) is 0 Å². The number of carboxylic acid groups (broad SMARTS) is 1. The van der Waals surface area contributed by atoms with Gasteiger partial charge in [-0.3, -0.25) is 9.59 Å². The van der Waals surface area contributed by atoms with Crippen molar-refractivity contribution in [3.63, 3.8) is 0 Å². The third kappa shape index (κ3) is 5.16. The molecule has 1 amide bonds. The molecule has 0 radical (unpaired) electrons. The van der Waals surface area contributed by atoms with Crippen molar-refractivity contribution in [2.24, 2.45) is 5.41 Å². The molecule has 1 aliphatic heterocycles. The van der Waals surface area contributed by atoms with E-state index in [1.807, 2.05) is 6.92 Å². The number of hydrogen-bond donors (Lipinski definition) is 2. The van der Waals surface area contributed by atoms with Gasteiger partial charge in [-0.05, 0) is 19.3 Å². The molecule has 0 aliphatic carbocycles. The van der Waals surface area contributed by atoms with Crippen molar-refractivity contribution in [2.45, 2.75) is 32.6 Å². The van der Waals surface area contributed by atoms with Gasteiger partial charge in [-0.1, -0.05) is 13.3 Å². The van der Waals surface area contributed by atoms with Gasteiger partial charge in [-0.25, -0.2) is 0 Å². The Morgan fingerprint density at radius 1 is 1.37 bits per heavy atom. The minimum absolute atomic E-state index is 0.00774. The smallest absolute Gasteiger partial charge is 0.311 e. The second kappa shape index (κ2) is 8.12. The highest BCUT2D eigenvalue weighted by Gasteiger charge is 2.40. The van der Waals surface area contributed by atoms with Crippen LogP contribution in [-0.4, -0.2) is 50.0 Å². The van der Waals surface area contributed by atoms with Gasteiger partial charge in [0.15, 0.2) is 0 Å². The van der Waals surface area contributed by atoms with Crippen LogP contribution >= 0.6 is 0 Å². The Hall–Kier alpha value is -1.14. The fourth-order valence-corrected chi connectivity index (χ4v) is 1.96. The SMILES string of the molecule is CCCCOCC(=O)NCC1(C(=O)O)CCOCC1. The highest BCUT2D eigenvalue weighted by Crippen LogP contribution is 2.29. The molecule has 0 atom stereocenters. The van der Waals surface area contributed by atoms with Gasteiger partial charge in [0.05, 0.1) is 5.41 Å². The van der Waals surface area contributed by atoms with Crippen molar-refractivity contribution in [3.8, 4) is 0 Å². The van der Waals surface area contributed by atoms with Gasteiger partial charge < -0.3 is 19.9 Å². The molecule has 0 saturated carbocycles. The first-order valence-electron chi connectivity index (χ1n) is 6.76. The molecule has 1 aliphatic rings. The van der Waals surface area contributed by atoms with Crippen molar-refractivity contribution in [1.82, 2.24) is 5.32 Å². The fraction of sp³-hybridized carbons (Fsp3) is 0.846. The maximum atomic E-state index is 11.6. The highest BCUT2D eigenvalue weighted by molar-refractivity contribution is 5.79. The maximum absolute atomic E-state index is 11.6. The predicted octanol–water partition coefficient (Wildman–Crippen LogP) is 0.801.